The summed E-state index contributed by atoms with van der Waals surface area (Å²) in [5.74, 6) is -0.215. The molecule has 10 heteroatoms. The fraction of sp³-hybridized carbons (Fsp3) is 0.381. The highest BCUT2D eigenvalue weighted by Crippen LogP contribution is 2.28. The van der Waals surface area contributed by atoms with E-state index in [0.29, 0.717) is 44.2 Å². The zero-order chi connectivity index (χ0) is 22.6. The molecule has 0 N–H and O–H groups in total. The van der Waals surface area contributed by atoms with Crippen molar-refractivity contribution in [1.29, 1.82) is 0 Å². The molecular formula is C21H25ClFN3O4S. The van der Waals surface area contributed by atoms with Gasteiger partial charge in [-0.25, -0.2) is 12.8 Å². The quantitative estimate of drug-likeness (QED) is 0.623. The predicted octanol–water partition coefficient (Wildman–Crippen LogP) is 2.85. The van der Waals surface area contributed by atoms with Crippen LogP contribution < -0.4 is 9.64 Å². The number of carbonyl (C=O) groups excluding carboxylic acids is 1. The van der Waals surface area contributed by atoms with Gasteiger partial charge in [0, 0.05) is 33.2 Å². The summed E-state index contributed by atoms with van der Waals surface area (Å²) in [7, 11) is -2.55. The Morgan fingerprint density at radius 1 is 1.16 bits per heavy atom. The maximum absolute atomic E-state index is 14.0. The third-order valence-electron chi connectivity index (χ3n) is 5.09. The van der Waals surface area contributed by atoms with Gasteiger partial charge in [-0.1, -0.05) is 23.7 Å². The Kier molecular flexibility index (Phi) is 7.40. The number of para-hydroxylation sites is 1. The lowest BCUT2D eigenvalue weighted by Crippen LogP contribution is -2.51. The highest BCUT2D eigenvalue weighted by molar-refractivity contribution is 7.89. The Morgan fingerprint density at radius 3 is 2.45 bits per heavy atom. The fourth-order valence-corrected chi connectivity index (χ4v) is 4.82. The number of amides is 1. The summed E-state index contributed by atoms with van der Waals surface area (Å²) in [6, 6.07) is 10.7. The number of benzene rings is 2. The standard InChI is InChI=1S/C21H25ClFN3O4S/c1-3-30-20-9-8-16(14-17(20)22)31(28,29)24(2)15-21(27)26-12-10-25(11-13-26)19-7-5-4-6-18(19)23/h4-9,14H,3,10-13,15H2,1-2H3. The first-order valence-electron chi connectivity index (χ1n) is 9.90. The predicted molar refractivity (Wildman–Crippen MR) is 118 cm³/mol. The van der Waals surface area contributed by atoms with E-state index in [1.807, 2.05) is 4.90 Å². The van der Waals surface area contributed by atoms with Crippen LogP contribution in [0.4, 0.5) is 10.1 Å². The summed E-state index contributed by atoms with van der Waals surface area (Å²) in [6.07, 6.45) is 0. The molecule has 1 heterocycles. The second-order valence-electron chi connectivity index (χ2n) is 7.11. The normalized spacial score (nSPS) is 14.7. The van der Waals surface area contributed by atoms with E-state index < -0.39 is 10.0 Å². The molecule has 2 aromatic carbocycles. The molecular weight excluding hydrogens is 445 g/mol. The molecule has 0 aliphatic carbocycles. The van der Waals surface area contributed by atoms with Crippen LogP contribution in [0.3, 0.4) is 0 Å². The average Bonchev–Trinajstić information content (AvgIpc) is 2.75. The number of rotatable bonds is 7. The van der Waals surface area contributed by atoms with Crippen LogP contribution in [0.5, 0.6) is 5.75 Å². The van der Waals surface area contributed by atoms with Crippen LogP contribution in [0, 0.1) is 5.82 Å². The molecule has 7 nitrogen and oxygen atoms in total. The molecule has 2 aromatic rings. The van der Waals surface area contributed by atoms with Crippen LogP contribution in [0.15, 0.2) is 47.4 Å². The lowest BCUT2D eigenvalue weighted by Gasteiger charge is -2.36. The van der Waals surface area contributed by atoms with E-state index in [1.165, 1.54) is 31.3 Å². The Bertz CT molecular complexity index is 1040. The number of carbonyl (C=O) groups is 1. The summed E-state index contributed by atoms with van der Waals surface area (Å²) < 4.78 is 46.0. The third-order valence-corrected chi connectivity index (χ3v) is 7.19. The van der Waals surface area contributed by atoms with Crippen LogP contribution in [0.25, 0.3) is 0 Å². The second kappa shape index (κ2) is 9.84. The van der Waals surface area contributed by atoms with Gasteiger partial charge in [-0.05, 0) is 37.3 Å². The van der Waals surface area contributed by atoms with E-state index in [0.717, 1.165) is 4.31 Å². The van der Waals surface area contributed by atoms with Crippen molar-refractivity contribution in [2.45, 2.75) is 11.8 Å². The van der Waals surface area contributed by atoms with Crippen LogP contribution in [-0.4, -0.2) is 69.9 Å². The highest BCUT2D eigenvalue weighted by atomic mass is 35.5. The minimum atomic E-state index is -3.90. The monoisotopic (exact) mass is 469 g/mol. The largest absolute Gasteiger partial charge is 0.492 e. The van der Waals surface area contributed by atoms with E-state index in [-0.39, 0.29) is 28.2 Å². The lowest BCUT2D eigenvalue weighted by atomic mass is 10.2. The molecule has 1 amide bonds. The molecule has 0 atom stereocenters. The summed E-state index contributed by atoms with van der Waals surface area (Å²) in [5.41, 5.74) is 0.502. The van der Waals surface area contributed by atoms with Crippen molar-refractivity contribution in [3.63, 3.8) is 0 Å². The van der Waals surface area contributed by atoms with Gasteiger partial charge in [0.1, 0.15) is 11.6 Å². The van der Waals surface area contributed by atoms with E-state index in [9.17, 15) is 17.6 Å². The van der Waals surface area contributed by atoms with Crippen LogP contribution in [-0.2, 0) is 14.8 Å². The Morgan fingerprint density at radius 2 is 1.84 bits per heavy atom. The molecule has 1 aliphatic heterocycles. The Hall–Kier alpha value is -2.36. The number of hydrogen-bond donors (Lipinski definition) is 0. The summed E-state index contributed by atoms with van der Waals surface area (Å²) in [6.45, 7) is 3.62. The van der Waals surface area contributed by atoms with Crippen molar-refractivity contribution in [1.82, 2.24) is 9.21 Å². The summed E-state index contributed by atoms with van der Waals surface area (Å²) in [4.78, 5) is 16.1. The first kappa shape index (κ1) is 23.3. The lowest BCUT2D eigenvalue weighted by molar-refractivity contribution is -0.131. The summed E-state index contributed by atoms with van der Waals surface area (Å²) >= 11 is 6.11. The molecule has 0 radical (unpaired) electrons. The molecule has 31 heavy (non-hydrogen) atoms. The number of anilines is 1. The van der Waals surface area contributed by atoms with Crippen LogP contribution in [0.2, 0.25) is 5.02 Å². The SMILES string of the molecule is CCOc1ccc(S(=O)(=O)N(C)CC(=O)N2CCN(c3ccccc3F)CC2)cc1Cl. The third kappa shape index (κ3) is 5.28. The van der Waals surface area contributed by atoms with Crippen LogP contribution in [0.1, 0.15) is 6.92 Å². The zero-order valence-corrected chi connectivity index (χ0v) is 19.0. The molecule has 3 rings (SSSR count). The molecule has 0 saturated carbocycles. The maximum Gasteiger partial charge on any atom is 0.243 e. The molecule has 0 unspecified atom stereocenters. The number of nitrogens with zero attached hydrogens (tertiary/aromatic N) is 3. The molecule has 1 fully saturated rings. The van der Waals surface area contributed by atoms with Crippen molar-refractivity contribution < 1.29 is 22.3 Å². The minimum absolute atomic E-state index is 0.0133. The molecule has 0 aromatic heterocycles. The van der Waals surface area contributed by atoms with E-state index in [1.54, 1.807) is 30.0 Å². The zero-order valence-electron chi connectivity index (χ0n) is 17.4. The van der Waals surface area contributed by atoms with Gasteiger partial charge in [0.05, 0.1) is 28.8 Å². The maximum atomic E-state index is 14.0. The van der Waals surface area contributed by atoms with Crippen molar-refractivity contribution in [3.8, 4) is 5.75 Å². The number of ether oxygens (including phenoxy) is 1. The van der Waals surface area contributed by atoms with Crippen molar-refractivity contribution in [2.75, 3.05) is 51.3 Å². The van der Waals surface area contributed by atoms with Crippen molar-refractivity contribution in [3.05, 3.63) is 53.3 Å². The molecule has 0 bridgehead atoms. The molecule has 1 saturated heterocycles. The van der Waals surface area contributed by atoms with Crippen molar-refractivity contribution >= 4 is 33.2 Å². The Labute approximate surface area is 187 Å². The van der Waals surface area contributed by atoms with E-state index in [4.69, 9.17) is 16.3 Å². The number of sulfonamides is 1. The smallest absolute Gasteiger partial charge is 0.243 e. The van der Waals surface area contributed by atoms with E-state index >= 15 is 0 Å². The number of likely N-dealkylation sites (N-methyl/N-ethyl adjacent to an activating group) is 1. The topological polar surface area (TPSA) is 70.2 Å². The first-order chi connectivity index (χ1) is 14.7. The van der Waals surface area contributed by atoms with Gasteiger partial charge in [0.25, 0.3) is 0 Å². The van der Waals surface area contributed by atoms with Crippen LogP contribution >= 0.6 is 11.6 Å². The number of piperazine rings is 1. The minimum Gasteiger partial charge on any atom is -0.492 e. The number of halogens is 2. The van der Waals surface area contributed by atoms with Gasteiger partial charge in [-0.2, -0.15) is 4.31 Å². The van der Waals surface area contributed by atoms with E-state index in [2.05, 4.69) is 0 Å². The molecule has 168 valence electrons. The van der Waals surface area contributed by atoms with Gasteiger partial charge in [0.2, 0.25) is 15.9 Å². The fourth-order valence-electron chi connectivity index (χ4n) is 3.37. The van der Waals surface area contributed by atoms with Gasteiger partial charge >= 0.3 is 0 Å². The Balaban J connectivity index is 1.61. The summed E-state index contributed by atoms with van der Waals surface area (Å²) in [5, 5.41) is 0.187. The number of hydrogen-bond acceptors (Lipinski definition) is 5. The van der Waals surface area contributed by atoms with Gasteiger partial charge in [-0.15, -0.1) is 0 Å². The molecule has 1 aliphatic rings. The van der Waals surface area contributed by atoms with Gasteiger partial charge in [-0.3, -0.25) is 4.79 Å². The second-order valence-corrected chi connectivity index (χ2v) is 9.56. The first-order valence-corrected chi connectivity index (χ1v) is 11.7. The average molecular weight is 470 g/mol. The highest BCUT2D eigenvalue weighted by Gasteiger charge is 2.28. The van der Waals surface area contributed by atoms with Crippen molar-refractivity contribution in [2.24, 2.45) is 0 Å². The molecule has 0 spiro atoms. The van der Waals surface area contributed by atoms with Gasteiger partial charge < -0.3 is 14.5 Å². The van der Waals surface area contributed by atoms with Gasteiger partial charge in [0.15, 0.2) is 0 Å².